The van der Waals surface area contributed by atoms with Gasteiger partial charge in [-0.3, -0.25) is 14.5 Å². The van der Waals surface area contributed by atoms with E-state index >= 15 is 0 Å². The number of alkyl halides is 3. The molecule has 2 amide bonds. The van der Waals surface area contributed by atoms with E-state index in [0.717, 1.165) is 42.4 Å². The third-order valence-electron chi connectivity index (χ3n) is 7.45. The van der Waals surface area contributed by atoms with Crippen LogP contribution in [0.4, 0.5) is 13.2 Å². The van der Waals surface area contributed by atoms with Crippen molar-refractivity contribution < 1.29 is 37.7 Å². The van der Waals surface area contributed by atoms with Crippen LogP contribution in [0.5, 0.6) is 5.75 Å². The molecule has 38 heavy (non-hydrogen) atoms. The van der Waals surface area contributed by atoms with E-state index in [-0.39, 0.29) is 11.6 Å². The molecule has 2 aromatic carbocycles. The van der Waals surface area contributed by atoms with Crippen LogP contribution in [0.3, 0.4) is 0 Å². The predicted molar refractivity (Wildman–Crippen MR) is 132 cm³/mol. The lowest BCUT2D eigenvalue weighted by molar-refractivity contribution is -0.137. The van der Waals surface area contributed by atoms with Gasteiger partial charge in [0.25, 0.3) is 5.91 Å². The molecule has 4 rings (SSSR count). The molecule has 0 aromatic heterocycles. The first-order chi connectivity index (χ1) is 18.0. The topological polar surface area (TPSA) is 111 Å². The highest BCUT2D eigenvalue weighted by molar-refractivity contribution is 5.96. The Bertz CT molecular complexity index is 1130. The maximum Gasteiger partial charge on any atom is 0.416 e. The third kappa shape index (κ3) is 6.46. The summed E-state index contributed by atoms with van der Waals surface area (Å²) in [5, 5.41) is 26.7. The van der Waals surface area contributed by atoms with Crippen molar-refractivity contribution >= 4 is 11.8 Å². The summed E-state index contributed by atoms with van der Waals surface area (Å²) in [5.74, 6) is -0.624. The molecule has 1 saturated heterocycles. The number of amides is 2. The van der Waals surface area contributed by atoms with Crippen molar-refractivity contribution in [2.24, 2.45) is 0 Å². The lowest BCUT2D eigenvalue weighted by Crippen LogP contribution is -2.47. The number of likely N-dealkylation sites (tertiary alicyclic amines) is 1. The molecule has 2 fully saturated rings. The number of carbonyl (C=O) groups is 2. The van der Waals surface area contributed by atoms with Crippen LogP contribution in [-0.4, -0.2) is 71.9 Å². The molecular formula is C27H32F3N3O5. The average molecular weight is 536 g/mol. The fourth-order valence-corrected chi connectivity index (χ4v) is 5.25. The highest BCUT2D eigenvalue weighted by atomic mass is 19.4. The van der Waals surface area contributed by atoms with Gasteiger partial charge in [0, 0.05) is 24.7 Å². The van der Waals surface area contributed by atoms with E-state index < -0.39 is 47.8 Å². The van der Waals surface area contributed by atoms with Crippen molar-refractivity contribution in [1.29, 1.82) is 0 Å². The summed E-state index contributed by atoms with van der Waals surface area (Å²) in [5.41, 5.74) is -1.23. The highest BCUT2D eigenvalue weighted by Crippen LogP contribution is 2.39. The van der Waals surface area contributed by atoms with Gasteiger partial charge in [0.15, 0.2) is 0 Å². The number of methoxy groups -OCH3 is 1. The molecule has 4 N–H and O–H groups in total. The standard InChI is InChI=1S/C27H32F3N3O5/c1-38-21-7-5-18(6-8-21)26(37)11-9-20(10-12-26)33-15-22(23(34)16-33)32-24(35)14-31-25(36)17-3-2-4-19(13-17)27(28,29)30/h2-8,13,20,22-23,34,37H,9-12,14-16H2,1H3,(H,31,36)(H,32,35)/t20?,22-,23-,26?/m0/s1. The summed E-state index contributed by atoms with van der Waals surface area (Å²) in [4.78, 5) is 26.7. The zero-order valence-corrected chi connectivity index (χ0v) is 21.0. The number of nitrogens with one attached hydrogen (secondary N) is 2. The van der Waals surface area contributed by atoms with Crippen LogP contribution in [0.15, 0.2) is 48.5 Å². The minimum atomic E-state index is -4.58. The fraction of sp³-hybridized carbons (Fsp3) is 0.481. The smallest absolute Gasteiger partial charge is 0.416 e. The maximum atomic E-state index is 12.9. The van der Waals surface area contributed by atoms with Gasteiger partial charge in [-0.2, -0.15) is 13.2 Å². The van der Waals surface area contributed by atoms with Crippen molar-refractivity contribution in [3.8, 4) is 5.75 Å². The first-order valence-electron chi connectivity index (χ1n) is 12.5. The zero-order valence-electron chi connectivity index (χ0n) is 21.0. The molecule has 2 atom stereocenters. The number of nitrogens with zero attached hydrogens (tertiary/aromatic N) is 1. The fourth-order valence-electron chi connectivity index (χ4n) is 5.25. The highest BCUT2D eigenvalue weighted by Gasteiger charge is 2.41. The zero-order chi connectivity index (χ0) is 27.5. The third-order valence-corrected chi connectivity index (χ3v) is 7.45. The van der Waals surface area contributed by atoms with Crippen LogP contribution in [0.25, 0.3) is 0 Å². The number of β-amino-alcohol motifs (C(OH)–C–C–N with tert-alkyl or cyclic N) is 1. The van der Waals surface area contributed by atoms with Crippen molar-refractivity contribution in [2.45, 2.75) is 55.6 Å². The molecule has 1 aliphatic carbocycles. The lowest BCUT2D eigenvalue weighted by Gasteiger charge is -2.40. The van der Waals surface area contributed by atoms with E-state index in [0.29, 0.717) is 25.9 Å². The van der Waals surface area contributed by atoms with Gasteiger partial charge >= 0.3 is 6.18 Å². The number of aliphatic hydroxyl groups excluding tert-OH is 1. The second-order valence-electron chi connectivity index (χ2n) is 9.95. The van der Waals surface area contributed by atoms with E-state index in [4.69, 9.17) is 4.74 Å². The number of carbonyl (C=O) groups excluding carboxylic acids is 2. The number of rotatable bonds is 7. The van der Waals surface area contributed by atoms with Crippen molar-refractivity contribution in [3.05, 3.63) is 65.2 Å². The SMILES string of the molecule is COc1ccc(C2(O)CCC(N3C[C@H](NC(=O)CNC(=O)c4cccc(C(F)(F)F)c4)[C@@H](O)C3)CC2)cc1. The van der Waals surface area contributed by atoms with Crippen LogP contribution >= 0.6 is 0 Å². The molecule has 11 heteroatoms. The summed E-state index contributed by atoms with van der Waals surface area (Å²) in [6, 6.07) is 10.9. The van der Waals surface area contributed by atoms with E-state index in [9.17, 15) is 33.0 Å². The number of halogens is 3. The minimum Gasteiger partial charge on any atom is -0.497 e. The summed E-state index contributed by atoms with van der Waals surface area (Å²) in [6.07, 6.45) is -2.80. The molecule has 2 aromatic rings. The Morgan fingerprint density at radius 1 is 1.11 bits per heavy atom. The van der Waals surface area contributed by atoms with Gasteiger partial charge < -0.3 is 25.6 Å². The molecule has 206 valence electrons. The van der Waals surface area contributed by atoms with Crippen LogP contribution < -0.4 is 15.4 Å². The molecule has 1 heterocycles. The summed E-state index contributed by atoms with van der Waals surface area (Å²) < 4.78 is 43.8. The number of hydrogen-bond donors (Lipinski definition) is 4. The van der Waals surface area contributed by atoms with Gasteiger partial charge in [-0.25, -0.2) is 0 Å². The molecule has 8 nitrogen and oxygen atoms in total. The number of ether oxygens (including phenoxy) is 1. The van der Waals surface area contributed by atoms with Crippen LogP contribution in [0.2, 0.25) is 0 Å². The quantitative estimate of drug-likeness (QED) is 0.434. The Hall–Kier alpha value is -3.15. The average Bonchev–Trinajstić information content (AvgIpc) is 3.27. The Morgan fingerprint density at radius 2 is 1.79 bits per heavy atom. The Kier molecular flexibility index (Phi) is 8.29. The summed E-state index contributed by atoms with van der Waals surface area (Å²) in [6.45, 7) is 0.351. The van der Waals surface area contributed by atoms with Gasteiger partial charge in [-0.15, -0.1) is 0 Å². The van der Waals surface area contributed by atoms with Gasteiger partial charge in [-0.1, -0.05) is 18.2 Å². The molecule has 2 aliphatic rings. The van der Waals surface area contributed by atoms with Crippen LogP contribution in [0.1, 0.15) is 47.2 Å². The Labute approximate surface area is 218 Å². The molecule has 0 radical (unpaired) electrons. The van der Waals surface area contributed by atoms with E-state index in [1.807, 2.05) is 24.3 Å². The van der Waals surface area contributed by atoms with E-state index in [1.54, 1.807) is 7.11 Å². The first-order valence-corrected chi connectivity index (χ1v) is 12.5. The van der Waals surface area contributed by atoms with Crippen molar-refractivity contribution in [3.63, 3.8) is 0 Å². The molecule has 1 aliphatic heterocycles. The largest absolute Gasteiger partial charge is 0.497 e. The van der Waals surface area contributed by atoms with E-state index in [1.165, 1.54) is 6.07 Å². The second kappa shape index (κ2) is 11.3. The monoisotopic (exact) mass is 535 g/mol. The van der Waals surface area contributed by atoms with Gasteiger partial charge in [0.2, 0.25) is 5.91 Å². The normalized spacial score (nSPS) is 26.1. The number of benzene rings is 2. The molecule has 1 saturated carbocycles. The van der Waals surface area contributed by atoms with E-state index in [2.05, 4.69) is 15.5 Å². The molecule has 0 spiro atoms. The van der Waals surface area contributed by atoms with Crippen molar-refractivity contribution in [2.75, 3.05) is 26.7 Å². The van der Waals surface area contributed by atoms with Crippen LogP contribution in [0, 0.1) is 0 Å². The second-order valence-corrected chi connectivity index (χ2v) is 9.95. The first kappa shape index (κ1) is 27.9. The molecular weight excluding hydrogens is 503 g/mol. The Morgan fingerprint density at radius 3 is 2.42 bits per heavy atom. The number of hydrogen-bond acceptors (Lipinski definition) is 6. The van der Waals surface area contributed by atoms with Gasteiger partial charge in [0.1, 0.15) is 5.75 Å². The molecule has 0 unspecified atom stereocenters. The van der Waals surface area contributed by atoms with Gasteiger partial charge in [0.05, 0.1) is 37.0 Å². The maximum absolute atomic E-state index is 12.9. The summed E-state index contributed by atoms with van der Waals surface area (Å²) in [7, 11) is 1.59. The van der Waals surface area contributed by atoms with Crippen molar-refractivity contribution in [1.82, 2.24) is 15.5 Å². The predicted octanol–water partition coefficient (Wildman–Crippen LogP) is 2.44. The molecule has 0 bridgehead atoms. The lowest BCUT2D eigenvalue weighted by atomic mass is 9.77. The van der Waals surface area contributed by atoms with Gasteiger partial charge in [-0.05, 0) is 61.6 Å². The summed E-state index contributed by atoms with van der Waals surface area (Å²) >= 11 is 0. The Balaban J connectivity index is 1.25. The minimum absolute atomic E-state index is 0.144. The number of aliphatic hydroxyl groups is 2. The van der Waals surface area contributed by atoms with Crippen LogP contribution in [-0.2, 0) is 16.6 Å².